The summed E-state index contributed by atoms with van der Waals surface area (Å²) in [6, 6.07) is 3.63. The van der Waals surface area contributed by atoms with Crippen LogP contribution in [0.2, 0.25) is 0 Å². The molecule has 0 aliphatic carbocycles. The maximum absolute atomic E-state index is 13.4. The summed E-state index contributed by atoms with van der Waals surface area (Å²) in [6.07, 6.45) is -8.41. The number of aliphatic hydroxyl groups excluding tert-OH is 2. The number of benzene rings is 1. The van der Waals surface area contributed by atoms with Gasteiger partial charge in [0, 0.05) is 20.0 Å². The van der Waals surface area contributed by atoms with E-state index in [4.69, 9.17) is 0 Å². The van der Waals surface area contributed by atoms with Crippen molar-refractivity contribution >= 4 is 23.2 Å². The summed E-state index contributed by atoms with van der Waals surface area (Å²) in [4.78, 5) is 30.0. The number of aromatic nitrogens is 1. The first-order valence-corrected chi connectivity index (χ1v) is 11.1. The molecule has 2 heterocycles. The summed E-state index contributed by atoms with van der Waals surface area (Å²) in [5.41, 5.74) is 4.42. The van der Waals surface area contributed by atoms with Crippen LogP contribution in [-0.4, -0.2) is 69.0 Å². The summed E-state index contributed by atoms with van der Waals surface area (Å²) >= 11 is 1.51. The van der Waals surface area contributed by atoms with Gasteiger partial charge in [-0.25, -0.2) is 4.98 Å². The Kier molecular flexibility index (Phi) is 7.73. The molecular formula is C21H25F3N4O4S. The molecule has 1 aliphatic rings. The molecule has 4 atom stereocenters. The van der Waals surface area contributed by atoms with E-state index in [2.05, 4.69) is 10.3 Å². The predicted molar refractivity (Wildman–Crippen MR) is 115 cm³/mol. The number of halogens is 3. The highest BCUT2D eigenvalue weighted by Crippen LogP contribution is 2.29. The van der Waals surface area contributed by atoms with Crippen LogP contribution in [0.5, 0.6) is 0 Å². The van der Waals surface area contributed by atoms with Crippen molar-refractivity contribution in [1.82, 2.24) is 20.5 Å². The molecule has 2 aromatic rings. The zero-order chi connectivity index (χ0) is 24.3. The smallest absolute Gasteiger partial charge is 0.392 e. The van der Waals surface area contributed by atoms with Gasteiger partial charge >= 0.3 is 6.18 Å². The molecule has 2 amide bonds. The van der Waals surface area contributed by atoms with Crippen LogP contribution >= 0.6 is 11.3 Å². The van der Waals surface area contributed by atoms with Gasteiger partial charge in [-0.3, -0.25) is 14.5 Å². The third-order valence-corrected chi connectivity index (χ3v) is 6.38. The standard InChI is InChI=1S/C21H25F3N4O4S/c1-11-17(33-10-26-11)14-5-3-13(4-6-14)8-25-19(31)16-7-15(30)9-28(16)20(32)18(21(22,23)24)27-12(2)29/h3-6,10,15-16,18,20,30,32H,7-9H2,1-2H3,(H,25,31)(H,27,29)/t15-,16+,18?,20?/m1/s1. The minimum atomic E-state index is -4.95. The first-order chi connectivity index (χ1) is 15.5. The van der Waals surface area contributed by atoms with Crippen molar-refractivity contribution in [2.75, 3.05) is 6.54 Å². The van der Waals surface area contributed by atoms with Gasteiger partial charge < -0.3 is 20.8 Å². The predicted octanol–water partition coefficient (Wildman–Crippen LogP) is 1.56. The van der Waals surface area contributed by atoms with Crippen molar-refractivity contribution in [3.63, 3.8) is 0 Å². The molecule has 8 nitrogen and oxygen atoms in total. The highest BCUT2D eigenvalue weighted by Gasteiger charge is 2.51. The molecule has 1 saturated heterocycles. The van der Waals surface area contributed by atoms with Gasteiger partial charge in [-0.15, -0.1) is 11.3 Å². The number of aliphatic hydroxyl groups is 2. The molecule has 1 fully saturated rings. The SMILES string of the molecule is CC(=O)NC(C(O)N1C[C@H](O)C[C@H]1C(=O)NCc1ccc(-c2scnc2C)cc1)C(F)(F)F. The van der Waals surface area contributed by atoms with Crippen LogP contribution in [0, 0.1) is 6.92 Å². The molecule has 0 bridgehead atoms. The first-order valence-electron chi connectivity index (χ1n) is 10.2. The third kappa shape index (κ3) is 6.08. The van der Waals surface area contributed by atoms with Gasteiger partial charge in [0.05, 0.1) is 28.2 Å². The molecule has 180 valence electrons. The topological polar surface area (TPSA) is 115 Å². The normalized spacial score (nSPS) is 20.9. The number of rotatable bonds is 7. The highest BCUT2D eigenvalue weighted by molar-refractivity contribution is 7.13. The van der Waals surface area contributed by atoms with Crippen molar-refractivity contribution in [3.05, 3.63) is 41.0 Å². The van der Waals surface area contributed by atoms with Gasteiger partial charge in [0.1, 0.15) is 6.23 Å². The van der Waals surface area contributed by atoms with Crippen molar-refractivity contribution in [1.29, 1.82) is 0 Å². The number of hydrogen-bond donors (Lipinski definition) is 4. The Morgan fingerprint density at radius 2 is 1.97 bits per heavy atom. The number of β-amino-alcohol motifs (C(OH)–C–C–N with tert-alkyl or cyclic N) is 1. The number of nitrogens with one attached hydrogen (secondary N) is 2. The molecule has 1 aliphatic heterocycles. The van der Waals surface area contributed by atoms with Crippen LogP contribution in [0.3, 0.4) is 0 Å². The minimum absolute atomic E-state index is 0.117. The fourth-order valence-corrected chi connectivity index (χ4v) is 4.60. The van der Waals surface area contributed by atoms with E-state index in [1.165, 1.54) is 11.3 Å². The quantitative estimate of drug-likeness (QED) is 0.472. The van der Waals surface area contributed by atoms with E-state index in [0.717, 1.165) is 33.5 Å². The Balaban J connectivity index is 1.66. The molecule has 1 aromatic heterocycles. The average molecular weight is 487 g/mol. The summed E-state index contributed by atoms with van der Waals surface area (Å²) in [5.74, 6) is -1.61. The van der Waals surface area contributed by atoms with E-state index in [9.17, 15) is 33.0 Å². The molecule has 0 saturated carbocycles. The van der Waals surface area contributed by atoms with Crippen LogP contribution in [-0.2, 0) is 16.1 Å². The number of likely N-dealkylation sites (tertiary alicyclic amines) is 1. The zero-order valence-electron chi connectivity index (χ0n) is 18.0. The lowest BCUT2D eigenvalue weighted by atomic mass is 10.1. The lowest BCUT2D eigenvalue weighted by molar-refractivity contribution is -0.203. The van der Waals surface area contributed by atoms with Crippen molar-refractivity contribution in [3.8, 4) is 10.4 Å². The number of alkyl halides is 3. The molecule has 1 aromatic carbocycles. The van der Waals surface area contributed by atoms with E-state index < -0.39 is 42.4 Å². The Morgan fingerprint density at radius 3 is 2.52 bits per heavy atom. The Bertz CT molecular complexity index is 983. The largest absolute Gasteiger partial charge is 0.412 e. The van der Waals surface area contributed by atoms with Crippen LogP contribution in [0.25, 0.3) is 10.4 Å². The number of carbonyl (C=O) groups is 2. The van der Waals surface area contributed by atoms with E-state index in [-0.39, 0.29) is 19.5 Å². The number of thiazole rings is 1. The monoisotopic (exact) mass is 486 g/mol. The molecule has 2 unspecified atom stereocenters. The number of nitrogens with zero attached hydrogens (tertiary/aromatic N) is 2. The van der Waals surface area contributed by atoms with Gasteiger partial charge in [0.2, 0.25) is 11.8 Å². The van der Waals surface area contributed by atoms with Gasteiger partial charge in [-0.1, -0.05) is 24.3 Å². The minimum Gasteiger partial charge on any atom is -0.392 e. The molecule has 3 rings (SSSR count). The van der Waals surface area contributed by atoms with Crippen LogP contribution < -0.4 is 10.6 Å². The lowest BCUT2D eigenvalue weighted by Crippen LogP contribution is -2.61. The molecule has 4 N–H and O–H groups in total. The molecule has 0 spiro atoms. The number of carbonyl (C=O) groups excluding carboxylic acids is 2. The van der Waals surface area contributed by atoms with Gasteiger partial charge in [0.25, 0.3) is 0 Å². The van der Waals surface area contributed by atoms with Crippen molar-refractivity contribution < 1.29 is 33.0 Å². The second-order valence-electron chi connectivity index (χ2n) is 7.92. The van der Waals surface area contributed by atoms with E-state index in [0.29, 0.717) is 0 Å². The summed E-state index contributed by atoms with van der Waals surface area (Å²) < 4.78 is 40.1. The molecule has 33 heavy (non-hydrogen) atoms. The average Bonchev–Trinajstić information content (AvgIpc) is 3.35. The van der Waals surface area contributed by atoms with Crippen LogP contribution in [0.15, 0.2) is 29.8 Å². The molecular weight excluding hydrogens is 461 g/mol. The van der Waals surface area contributed by atoms with Gasteiger partial charge in [0.15, 0.2) is 6.04 Å². The Labute approximate surface area is 192 Å². The second kappa shape index (κ2) is 10.2. The second-order valence-corrected chi connectivity index (χ2v) is 8.77. The molecule has 0 radical (unpaired) electrons. The first kappa shape index (κ1) is 25.1. The van der Waals surface area contributed by atoms with Gasteiger partial charge in [-0.05, 0) is 24.5 Å². The zero-order valence-corrected chi connectivity index (χ0v) is 18.8. The number of amides is 2. The third-order valence-electron chi connectivity index (χ3n) is 5.40. The van der Waals surface area contributed by atoms with E-state index in [1.807, 2.05) is 31.2 Å². The molecule has 12 heteroatoms. The number of aryl methyl sites for hydroxylation is 1. The highest BCUT2D eigenvalue weighted by atomic mass is 32.1. The maximum Gasteiger partial charge on any atom is 0.412 e. The summed E-state index contributed by atoms with van der Waals surface area (Å²) in [5, 5.41) is 24.6. The summed E-state index contributed by atoms with van der Waals surface area (Å²) in [7, 11) is 0. The van der Waals surface area contributed by atoms with E-state index in [1.54, 1.807) is 10.8 Å². The van der Waals surface area contributed by atoms with Crippen molar-refractivity contribution in [2.45, 2.75) is 57.4 Å². The van der Waals surface area contributed by atoms with E-state index >= 15 is 0 Å². The Morgan fingerprint density at radius 1 is 1.30 bits per heavy atom. The van der Waals surface area contributed by atoms with Crippen LogP contribution in [0.4, 0.5) is 13.2 Å². The lowest BCUT2D eigenvalue weighted by Gasteiger charge is -2.34. The fraction of sp³-hybridized carbons (Fsp3) is 0.476. The van der Waals surface area contributed by atoms with Crippen LogP contribution in [0.1, 0.15) is 24.6 Å². The van der Waals surface area contributed by atoms with Crippen molar-refractivity contribution in [2.24, 2.45) is 0 Å². The number of hydrogen-bond acceptors (Lipinski definition) is 7. The van der Waals surface area contributed by atoms with Gasteiger partial charge in [-0.2, -0.15) is 13.2 Å². The Hall–Kier alpha value is -2.54. The summed E-state index contributed by atoms with van der Waals surface area (Å²) in [6.45, 7) is 2.58. The fourth-order valence-electron chi connectivity index (χ4n) is 3.78. The maximum atomic E-state index is 13.4.